The lowest BCUT2D eigenvalue weighted by Gasteiger charge is -2.18. The number of anilines is 3. The second kappa shape index (κ2) is 11.2. The molecule has 1 aliphatic heterocycles. The topological polar surface area (TPSA) is 64.7 Å². The van der Waals surface area contributed by atoms with Crippen LogP contribution in [0.15, 0.2) is 78.5 Å². The quantitative estimate of drug-likeness (QED) is 0.368. The minimum atomic E-state index is -0.145. The molecule has 0 bridgehead atoms. The van der Waals surface area contributed by atoms with Crippen molar-refractivity contribution in [3.05, 3.63) is 95.2 Å². The average Bonchev–Trinajstić information content (AvgIpc) is 3.21. The molecule has 3 aromatic rings. The molecule has 186 valence electrons. The zero-order valence-corrected chi connectivity index (χ0v) is 21.5. The van der Waals surface area contributed by atoms with Crippen LogP contribution >= 0.6 is 0 Å². The van der Waals surface area contributed by atoms with Gasteiger partial charge in [0.2, 0.25) is 0 Å². The van der Waals surface area contributed by atoms with E-state index in [1.165, 1.54) is 5.56 Å². The van der Waals surface area contributed by atoms with Gasteiger partial charge in [-0.3, -0.25) is 9.59 Å². The highest BCUT2D eigenvalue weighted by molar-refractivity contribution is 6.32. The van der Waals surface area contributed by atoms with Crippen LogP contribution in [0.5, 0.6) is 0 Å². The molecule has 6 heteroatoms. The number of carbonyl (C=O) groups excluding carboxylic acids is 2. The van der Waals surface area contributed by atoms with Gasteiger partial charge in [0.25, 0.3) is 11.8 Å². The number of carbonyl (C=O) groups is 2. The van der Waals surface area contributed by atoms with Gasteiger partial charge in [-0.1, -0.05) is 43.7 Å². The van der Waals surface area contributed by atoms with E-state index in [0.29, 0.717) is 11.1 Å². The second-order valence-electron chi connectivity index (χ2n) is 9.43. The lowest BCUT2D eigenvalue weighted by molar-refractivity contribution is -0.110. The first-order valence-electron chi connectivity index (χ1n) is 12.4. The number of hydrogen-bond acceptors (Lipinski definition) is 4. The van der Waals surface area contributed by atoms with Crippen LogP contribution in [-0.4, -0.2) is 37.9 Å². The molecule has 0 aliphatic carbocycles. The van der Waals surface area contributed by atoms with Gasteiger partial charge >= 0.3 is 0 Å². The number of fused-ring (bicyclic) bond motifs is 1. The minimum absolute atomic E-state index is 0.123. The molecule has 1 heterocycles. The summed E-state index contributed by atoms with van der Waals surface area (Å²) in [4.78, 5) is 30.1. The van der Waals surface area contributed by atoms with Gasteiger partial charge in [0, 0.05) is 47.5 Å². The minimum Gasteiger partial charge on any atom is -0.358 e. The van der Waals surface area contributed by atoms with E-state index >= 15 is 0 Å². The first-order valence-corrected chi connectivity index (χ1v) is 12.4. The van der Waals surface area contributed by atoms with E-state index < -0.39 is 0 Å². The second-order valence-corrected chi connectivity index (χ2v) is 9.43. The monoisotopic (exact) mass is 482 g/mol. The van der Waals surface area contributed by atoms with E-state index in [0.717, 1.165) is 54.1 Å². The highest BCUT2D eigenvalue weighted by atomic mass is 16.2. The molecule has 3 aromatic carbocycles. The molecule has 0 unspecified atom stereocenters. The molecule has 0 aromatic heterocycles. The first-order chi connectivity index (χ1) is 17.4. The van der Waals surface area contributed by atoms with Crippen molar-refractivity contribution in [1.29, 1.82) is 0 Å². The highest BCUT2D eigenvalue weighted by Crippen LogP contribution is 2.36. The van der Waals surface area contributed by atoms with Crippen molar-refractivity contribution in [3.8, 4) is 0 Å². The standard InChI is InChI=1S/C30H34N4O2/c1-5-6-12-27(31-23-16-13-21(14-17-23)20-33(2)3)28-25-19-22(15-18-26(25)32-29(28)35)30(36)34(4)24-10-8-7-9-11-24/h7-11,13-19,31H,5-6,12,20H2,1-4H3,(H,32,35). The van der Waals surface area contributed by atoms with Gasteiger partial charge in [0.05, 0.1) is 5.57 Å². The van der Waals surface area contributed by atoms with Crippen molar-refractivity contribution < 1.29 is 9.59 Å². The molecule has 0 atom stereocenters. The van der Waals surface area contributed by atoms with Crippen LogP contribution in [0.4, 0.5) is 17.1 Å². The van der Waals surface area contributed by atoms with E-state index in [4.69, 9.17) is 0 Å². The summed E-state index contributed by atoms with van der Waals surface area (Å²) in [5.41, 5.74) is 6.48. The Labute approximate surface area is 213 Å². The van der Waals surface area contributed by atoms with Gasteiger partial charge < -0.3 is 20.4 Å². The maximum absolute atomic E-state index is 13.3. The van der Waals surface area contributed by atoms with Crippen molar-refractivity contribution in [2.75, 3.05) is 36.7 Å². The summed E-state index contributed by atoms with van der Waals surface area (Å²) in [5.74, 6) is -0.268. The van der Waals surface area contributed by atoms with Crippen molar-refractivity contribution >= 4 is 34.4 Å². The zero-order valence-electron chi connectivity index (χ0n) is 21.5. The number of rotatable bonds is 9. The van der Waals surface area contributed by atoms with Crippen LogP contribution < -0.4 is 15.5 Å². The Morgan fingerprint density at radius 3 is 2.33 bits per heavy atom. The molecule has 2 N–H and O–H groups in total. The fourth-order valence-corrected chi connectivity index (χ4v) is 4.40. The Bertz CT molecular complexity index is 1260. The molecule has 0 saturated heterocycles. The van der Waals surface area contributed by atoms with E-state index in [2.05, 4.69) is 34.6 Å². The van der Waals surface area contributed by atoms with Crippen LogP contribution in [0.1, 0.15) is 47.7 Å². The van der Waals surface area contributed by atoms with Gasteiger partial charge in [-0.2, -0.15) is 0 Å². The fourth-order valence-electron chi connectivity index (χ4n) is 4.40. The highest BCUT2D eigenvalue weighted by Gasteiger charge is 2.29. The number of unbranched alkanes of at least 4 members (excludes halogenated alkanes) is 1. The smallest absolute Gasteiger partial charge is 0.258 e. The molecule has 0 radical (unpaired) electrons. The maximum atomic E-state index is 13.3. The third-order valence-electron chi connectivity index (χ3n) is 6.29. The number of para-hydroxylation sites is 1. The number of amides is 2. The third-order valence-corrected chi connectivity index (χ3v) is 6.29. The first kappa shape index (κ1) is 25.2. The molecule has 4 rings (SSSR count). The lowest BCUT2D eigenvalue weighted by Crippen LogP contribution is -2.26. The summed E-state index contributed by atoms with van der Waals surface area (Å²) in [7, 11) is 5.86. The molecule has 0 fully saturated rings. The number of nitrogens with one attached hydrogen (secondary N) is 2. The van der Waals surface area contributed by atoms with Gasteiger partial charge in [-0.25, -0.2) is 0 Å². The van der Waals surface area contributed by atoms with E-state index in [9.17, 15) is 9.59 Å². The molecule has 6 nitrogen and oxygen atoms in total. The molecule has 0 spiro atoms. The number of benzene rings is 3. The molecular formula is C30H34N4O2. The van der Waals surface area contributed by atoms with Crippen LogP contribution in [0.2, 0.25) is 0 Å². The summed E-state index contributed by atoms with van der Waals surface area (Å²) in [6, 6.07) is 23.3. The zero-order chi connectivity index (χ0) is 25.7. The molecule has 0 saturated carbocycles. The van der Waals surface area contributed by atoms with Crippen molar-refractivity contribution in [2.45, 2.75) is 32.7 Å². The van der Waals surface area contributed by atoms with Gasteiger partial charge in [-0.05, 0) is 75.0 Å². The van der Waals surface area contributed by atoms with Crippen molar-refractivity contribution in [1.82, 2.24) is 4.90 Å². The summed E-state index contributed by atoms with van der Waals surface area (Å²) in [6.45, 7) is 3.01. The molecule has 2 amide bonds. The number of allylic oxidation sites excluding steroid dienone is 1. The molecule has 1 aliphatic rings. The Hall–Kier alpha value is -3.90. The van der Waals surface area contributed by atoms with Gasteiger partial charge in [0.15, 0.2) is 0 Å². The summed E-state index contributed by atoms with van der Waals surface area (Å²) >= 11 is 0. The van der Waals surface area contributed by atoms with Gasteiger partial charge in [-0.15, -0.1) is 0 Å². The third kappa shape index (κ3) is 5.66. The van der Waals surface area contributed by atoms with Crippen LogP contribution in [0.25, 0.3) is 5.57 Å². The van der Waals surface area contributed by atoms with Crippen molar-refractivity contribution in [2.24, 2.45) is 0 Å². The Kier molecular flexibility index (Phi) is 7.86. The van der Waals surface area contributed by atoms with Crippen LogP contribution in [0.3, 0.4) is 0 Å². The summed E-state index contributed by atoms with van der Waals surface area (Å²) in [6.07, 6.45) is 2.69. The molecule has 36 heavy (non-hydrogen) atoms. The van der Waals surface area contributed by atoms with E-state index in [-0.39, 0.29) is 11.8 Å². The van der Waals surface area contributed by atoms with E-state index in [1.807, 2.05) is 68.7 Å². The largest absolute Gasteiger partial charge is 0.358 e. The number of hydrogen-bond donors (Lipinski definition) is 2. The predicted octanol–water partition coefficient (Wildman–Crippen LogP) is 5.99. The lowest BCUT2D eigenvalue weighted by atomic mass is 9.99. The van der Waals surface area contributed by atoms with Crippen LogP contribution in [-0.2, 0) is 11.3 Å². The fraction of sp³-hybridized carbons (Fsp3) is 0.267. The predicted molar refractivity (Wildman–Crippen MR) is 148 cm³/mol. The average molecular weight is 483 g/mol. The molecular weight excluding hydrogens is 448 g/mol. The van der Waals surface area contributed by atoms with Crippen molar-refractivity contribution in [3.63, 3.8) is 0 Å². The Balaban J connectivity index is 1.68. The number of nitrogens with zero attached hydrogens (tertiary/aromatic N) is 2. The Morgan fingerprint density at radius 2 is 1.67 bits per heavy atom. The van der Waals surface area contributed by atoms with Crippen LogP contribution in [0, 0.1) is 0 Å². The Morgan fingerprint density at radius 1 is 0.944 bits per heavy atom. The normalized spacial score (nSPS) is 13.9. The SMILES string of the molecule is CCCCC(Nc1ccc(CN(C)C)cc1)=C1C(=O)Nc2ccc(C(=O)N(C)c3ccccc3)cc21. The van der Waals surface area contributed by atoms with Gasteiger partial charge in [0.1, 0.15) is 0 Å². The maximum Gasteiger partial charge on any atom is 0.258 e. The van der Waals surface area contributed by atoms with E-state index in [1.54, 1.807) is 18.0 Å². The summed E-state index contributed by atoms with van der Waals surface area (Å²) < 4.78 is 0. The summed E-state index contributed by atoms with van der Waals surface area (Å²) in [5, 5.41) is 6.50.